The van der Waals surface area contributed by atoms with E-state index in [1.54, 1.807) is 23.5 Å². The number of hydrogen-bond donors (Lipinski definition) is 3. The second kappa shape index (κ2) is 9.20. The van der Waals surface area contributed by atoms with E-state index in [-0.39, 0.29) is 6.04 Å². The highest BCUT2D eigenvalue weighted by Gasteiger charge is 2.22. The molecule has 160 valence electrons. The van der Waals surface area contributed by atoms with Crippen LogP contribution in [0.4, 0.5) is 10.8 Å². The van der Waals surface area contributed by atoms with Crippen LogP contribution in [0, 0.1) is 6.92 Å². The van der Waals surface area contributed by atoms with Crippen molar-refractivity contribution in [2.45, 2.75) is 19.4 Å². The molecule has 0 spiro atoms. The fraction of sp³-hybridized carbons (Fsp3) is 0.150. The Balaban J connectivity index is 1.58. The van der Waals surface area contributed by atoms with Crippen molar-refractivity contribution in [3.8, 4) is 10.6 Å². The largest absolute Gasteiger partial charge is 0.357 e. The van der Waals surface area contributed by atoms with Crippen LogP contribution in [0.2, 0.25) is 0 Å². The van der Waals surface area contributed by atoms with E-state index in [9.17, 15) is 8.42 Å². The highest BCUT2D eigenvalue weighted by Crippen LogP contribution is 2.27. The van der Waals surface area contributed by atoms with E-state index >= 15 is 0 Å². The number of thiazole rings is 1. The van der Waals surface area contributed by atoms with Crippen LogP contribution in [0.1, 0.15) is 22.3 Å². The lowest BCUT2D eigenvalue weighted by atomic mass is 10.0. The average Bonchev–Trinajstić information content (AvgIpc) is 3.38. The van der Waals surface area contributed by atoms with Crippen LogP contribution in [0.15, 0.2) is 60.0 Å². The van der Waals surface area contributed by atoms with E-state index in [0.717, 1.165) is 32.0 Å². The number of hydrogen-bond acceptors (Lipinski definition) is 7. The van der Waals surface area contributed by atoms with Crippen molar-refractivity contribution in [3.05, 3.63) is 76.2 Å². The predicted molar refractivity (Wildman–Crippen MR) is 122 cm³/mol. The third kappa shape index (κ3) is 5.93. The molecule has 0 bridgehead atoms. The molecule has 4 aromatic rings. The van der Waals surface area contributed by atoms with Gasteiger partial charge in [0.15, 0.2) is 0 Å². The molecule has 2 heterocycles. The Hall–Kier alpha value is -2.70. The number of nitrogens with one attached hydrogen (secondary N) is 1. The zero-order valence-corrected chi connectivity index (χ0v) is 18.9. The minimum Gasteiger partial charge on any atom is -0.279 e. The molecule has 4 N–H and O–H groups in total. The monoisotopic (exact) mass is 474 g/mol. The molecule has 4 rings (SSSR count). The van der Waals surface area contributed by atoms with Gasteiger partial charge in [-0.25, -0.2) is 4.98 Å². The maximum atomic E-state index is 11.0. The van der Waals surface area contributed by atoms with Crippen LogP contribution in [0.3, 0.4) is 0 Å². The van der Waals surface area contributed by atoms with E-state index in [1.807, 2.05) is 49.4 Å². The molecule has 8 nitrogen and oxygen atoms in total. The van der Waals surface area contributed by atoms with Crippen molar-refractivity contribution in [2.75, 3.05) is 4.72 Å². The van der Waals surface area contributed by atoms with Crippen LogP contribution in [0.5, 0.6) is 0 Å². The topological polar surface area (TPSA) is 122 Å². The van der Waals surface area contributed by atoms with Crippen LogP contribution in [0.25, 0.3) is 10.6 Å². The van der Waals surface area contributed by atoms with Crippen molar-refractivity contribution in [1.29, 1.82) is 0 Å². The second-order valence-corrected chi connectivity index (χ2v) is 10.1. The molecule has 0 radical (unpaired) electrons. The zero-order valence-electron chi connectivity index (χ0n) is 16.5. The van der Waals surface area contributed by atoms with Crippen molar-refractivity contribution in [1.82, 2.24) is 15.2 Å². The standard InChI is InChI=1S/C20H19N5O3S3/c1-13-23-24-20(30-13)22-17(11-14-7-9-16(10-8-14)25-31(26,27)28)18-12-29-19(21-18)15-5-3-2-4-6-15/h2-10,12,17,25H,11H2,1H3,(H,22,24)(H,26,27,28)/p+1/t17-/m0/s1. The molecular formula is C20H20N5O3S3+. The van der Waals surface area contributed by atoms with Crippen LogP contribution < -0.4 is 10.0 Å². The molecule has 0 unspecified atom stereocenters. The molecule has 11 heteroatoms. The Bertz CT molecular complexity index is 1250. The summed E-state index contributed by atoms with van der Waals surface area (Å²) in [5.41, 5.74) is 3.31. The van der Waals surface area contributed by atoms with Gasteiger partial charge in [-0.3, -0.25) is 14.6 Å². The lowest BCUT2D eigenvalue weighted by Gasteiger charge is -2.12. The van der Waals surface area contributed by atoms with Crippen molar-refractivity contribution >= 4 is 43.8 Å². The summed E-state index contributed by atoms with van der Waals surface area (Å²) in [4.78, 5) is 4.86. The number of aryl methyl sites for hydroxylation is 1. The van der Waals surface area contributed by atoms with Gasteiger partial charge in [0.05, 0.1) is 5.69 Å². The van der Waals surface area contributed by atoms with Crippen LogP contribution in [-0.2, 0) is 16.7 Å². The summed E-state index contributed by atoms with van der Waals surface area (Å²) in [6, 6.07) is 16.9. The van der Waals surface area contributed by atoms with Gasteiger partial charge in [-0.15, -0.1) is 16.4 Å². The number of benzene rings is 2. The lowest BCUT2D eigenvalue weighted by Crippen LogP contribution is -2.80. The minimum atomic E-state index is -4.30. The van der Waals surface area contributed by atoms with Crippen LogP contribution >= 0.6 is 22.7 Å². The Labute approximate surface area is 187 Å². The summed E-state index contributed by atoms with van der Waals surface area (Å²) >= 11 is 3.12. The molecule has 1 atom stereocenters. The van der Waals surface area contributed by atoms with Gasteiger partial charge >= 0.3 is 15.4 Å². The molecule has 2 aromatic carbocycles. The molecular weight excluding hydrogens is 454 g/mol. The highest BCUT2D eigenvalue weighted by atomic mass is 32.2. The van der Waals surface area contributed by atoms with Crippen molar-refractivity contribution in [2.24, 2.45) is 0 Å². The van der Waals surface area contributed by atoms with Crippen LogP contribution in [-0.4, -0.2) is 28.2 Å². The Morgan fingerprint density at radius 3 is 2.48 bits per heavy atom. The average molecular weight is 475 g/mol. The first-order chi connectivity index (χ1) is 14.9. The molecule has 31 heavy (non-hydrogen) atoms. The van der Waals surface area contributed by atoms with Gasteiger partial charge in [0.2, 0.25) is 0 Å². The normalized spacial score (nSPS) is 12.6. The molecule has 0 fully saturated rings. The maximum Gasteiger partial charge on any atom is 0.357 e. The molecule has 0 aliphatic heterocycles. The van der Waals surface area contributed by atoms with Gasteiger partial charge in [-0.2, -0.15) is 8.42 Å². The second-order valence-electron chi connectivity index (χ2n) is 6.85. The summed E-state index contributed by atoms with van der Waals surface area (Å²) in [6.45, 7) is 1.92. The highest BCUT2D eigenvalue weighted by molar-refractivity contribution is 7.87. The number of nitrogens with zero attached hydrogens (tertiary/aromatic N) is 3. The first-order valence-electron chi connectivity index (χ1n) is 9.36. The Morgan fingerprint density at radius 2 is 1.84 bits per heavy atom. The van der Waals surface area contributed by atoms with Gasteiger partial charge in [0.25, 0.3) is 0 Å². The predicted octanol–water partition coefficient (Wildman–Crippen LogP) is 3.36. The molecule has 0 aliphatic rings. The summed E-state index contributed by atoms with van der Waals surface area (Å²) in [6.07, 6.45) is 0.656. The summed E-state index contributed by atoms with van der Waals surface area (Å²) < 4.78 is 33.0. The third-order valence-corrected chi connectivity index (χ3v) is 6.67. The molecule has 0 saturated carbocycles. The number of aromatic nitrogens is 3. The number of rotatable bonds is 8. The SMILES string of the molecule is Cc1nnc([NH2+][C@@H](Cc2ccc(NS(=O)(=O)O)cc2)c2csc(-c3ccccc3)n2)s1. The Kier molecular flexibility index (Phi) is 6.39. The Morgan fingerprint density at radius 1 is 1.10 bits per heavy atom. The van der Waals surface area contributed by atoms with E-state index in [2.05, 4.69) is 25.6 Å². The molecule has 0 aliphatic carbocycles. The van der Waals surface area contributed by atoms with E-state index in [0.29, 0.717) is 12.1 Å². The summed E-state index contributed by atoms with van der Waals surface area (Å²) in [5.74, 6) is 0. The van der Waals surface area contributed by atoms with E-state index in [4.69, 9.17) is 9.54 Å². The number of anilines is 1. The minimum absolute atomic E-state index is 0.0264. The van der Waals surface area contributed by atoms with E-state index < -0.39 is 10.3 Å². The lowest BCUT2D eigenvalue weighted by molar-refractivity contribution is -0.618. The fourth-order valence-corrected chi connectivity index (χ4v) is 5.10. The zero-order chi connectivity index (χ0) is 21.8. The van der Waals surface area contributed by atoms with Gasteiger partial charge in [0, 0.05) is 17.4 Å². The van der Waals surface area contributed by atoms with Gasteiger partial charge in [-0.05, 0) is 36.0 Å². The fourth-order valence-electron chi connectivity index (χ4n) is 3.08. The summed E-state index contributed by atoms with van der Waals surface area (Å²) in [5, 5.41) is 15.1. The quantitative estimate of drug-likeness (QED) is 0.337. The van der Waals surface area contributed by atoms with Crippen molar-refractivity contribution < 1.29 is 18.3 Å². The first-order valence-corrected chi connectivity index (χ1v) is 12.5. The first kappa shape index (κ1) is 21.5. The van der Waals surface area contributed by atoms with Gasteiger partial charge in [0.1, 0.15) is 21.8 Å². The maximum absolute atomic E-state index is 11.0. The van der Waals surface area contributed by atoms with E-state index in [1.165, 1.54) is 11.3 Å². The van der Waals surface area contributed by atoms with Gasteiger partial charge < -0.3 is 0 Å². The van der Waals surface area contributed by atoms with Crippen molar-refractivity contribution in [3.63, 3.8) is 0 Å². The number of nitrogens with two attached hydrogens (primary N) is 1. The molecule has 0 amide bonds. The van der Waals surface area contributed by atoms with Gasteiger partial charge in [-0.1, -0.05) is 47.6 Å². The smallest absolute Gasteiger partial charge is 0.279 e. The summed E-state index contributed by atoms with van der Waals surface area (Å²) in [7, 11) is -4.30. The number of quaternary nitrogens is 1. The molecule has 2 aromatic heterocycles. The third-order valence-electron chi connectivity index (χ3n) is 4.46. The molecule has 0 saturated heterocycles.